The Bertz CT molecular complexity index is 909. The molecule has 1 heterocycles. The van der Waals surface area contributed by atoms with E-state index < -0.39 is 17.3 Å². The minimum absolute atomic E-state index is 0.0114. The number of nitrogens with zero attached hydrogens (tertiary/aromatic N) is 1. The number of rotatable bonds is 6. The van der Waals surface area contributed by atoms with Gasteiger partial charge >= 0.3 is 0 Å². The lowest BCUT2D eigenvalue weighted by molar-refractivity contribution is 0.0270. The standard InChI is InChI=1S/C18H19BrFN3O3/c1-10-7-12(19)5-6-14(10)21-16-13(8-23(2)18(25)15(16)20)17(24)22-26-9-11-3-4-11/h5-8,11,21H,3-4,9H2,1-2H3,(H,22,24). The molecule has 1 aromatic heterocycles. The second-order valence-electron chi connectivity index (χ2n) is 6.42. The van der Waals surface area contributed by atoms with Crippen LogP contribution in [0.25, 0.3) is 0 Å². The Morgan fingerprint density at radius 2 is 2.15 bits per heavy atom. The third-order valence-corrected chi connectivity index (χ3v) is 4.69. The van der Waals surface area contributed by atoms with E-state index in [0.29, 0.717) is 18.2 Å². The van der Waals surface area contributed by atoms with Gasteiger partial charge in [0.25, 0.3) is 11.5 Å². The Morgan fingerprint density at radius 1 is 1.42 bits per heavy atom. The minimum atomic E-state index is -1.02. The molecule has 1 aliphatic carbocycles. The average Bonchev–Trinajstić information content (AvgIpc) is 3.41. The Labute approximate surface area is 158 Å². The molecule has 0 bridgehead atoms. The van der Waals surface area contributed by atoms with Gasteiger partial charge in [0.2, 0.25) is 5.82 Å². The highest BCUT2D eigenvalue weighted by Gasteiger charge is 2.24. The topological polar surface area (TPSA) is 72.4 Å². The lowest BCUT2D eigenvalue weighted by Gasteiger charge is -2.16. The maximum Gasteiger partial charge on any atom is 0.288 e. The number of benzene rings is 1. The number of pyridine rings is 1. The predicted octanol–water partition coefficient (Wildman–Crippen LogP) is 3.41. The van der Waals surface area contributed by atoms with E-state index in [4.69, 9.17) is 4.84 Å². The molecule has 0 atom stereocenters. The van der Waals surface area contributed by atoms with Crippen LogP contribution in [0.1, 0.15) is 28.8 Å². The van der Waals surface area contributed by atoms with Crippen LogP contribution in [-0.2, 0) is 11.9 Å². The van der Waals surface area contributed by atoms with Crippen molar-refractivity contribution >= 4 is 33.2 Å². The van der Waals surface area contributed by atoms with Crippen molar-refractivity contribution in [1.82, 2.24) is 10.0 Å². The summed E-state index contributed by atoms with van der Waals surface area (Å²) >= 11 is 3.36. The van der Waals surface area contributed by atoms with Crippen LogP contribution in [0.15, 0.2) is 33.7 Å². The maximum absolute atomic E-state index is 14.6. The smallest absolute Gasteiger partial charge is 0.288 e. The van der Waals surface area contributed by atoms with Crippen LogP contribution in [0.5, 0.6) is 0 Å². The molecule has 0 aliphatic heterocycles. The van der Waals surface area contributed by atoms with Crippen LogP contribution in [-0.4, -0.2) is 17.1 Å². The first-order valence-corrected chi connectivity index (χ1v) is 9.00. The zero-order chi connectivity index (χ0) is 18.8. The van der Waals surface area contributed by atoms with Gasteiger partial charge in [-0.05, 0) is 49.4 Å². The highest BCUT2D eigenvalue weighted by atomic mass is 79.9. The molecule has 1 amide bonds. The number of hydrogen-bond donors (Lipinski definition) is 2. The van der Waals surface area contributed by atoms with Gasteiger partial charge in [-0.15, -0.1) is 0 Å². The van der Waals surface area contributed by atoms with Crippen LogP contribution in [0.3, 0.4) is 0 Å². The number of carbonyl (C=O) groups is 1. The summed E-state index contributed by atoms with van der Waals surface area (Å²) in [7, 11) is 1.39. The molecule has 26 heavy (non-hydrogen) atoms. The number of hydrogen-bond acceptors (Lipinski definition) is 4. The first kappa shape index (κ1) is 18.6. The fourth-order valence-electron chi connectivity index (χ4n) is 2.46. The van der Waals surface area contributed by atoms with Gasteiger partial charge in [-0.1, -0.05) is 15.9 Å². The quantitative estimate of drug-likeness (QED) is 0.698. The molecular formula is C18H19BrFN3O3. The molecule has 0 unspecified atom stereocenters. The fourth-order valence-corrected chi connectivity index (χ4v) is 2.93. The van der Waals surface area contributed by atoms with E-state index in [1.165, 1.54) is 13.2 Å². The van der Waals surface area contributed by atoms with Gasteiger partial charge in [0.15, 0.2) is 0 Å². The van der Waals surface area contributed by atoms with Crippen molar-refractivity contribution in [2.75, 3.05) is 11.9 Å². The molecule has 8 heteroatoms. The van der Waals surface area contributed by atoms with Crippen molar-refractivity contribution in [2.24, 2.45) is 13.0 Å². The van der Waals surface area contributed by atoms with Gasteiger partial charge < -0.3 is 9.88 Å². The fraction of sp³-hybridized carbons (Fsp3) is 0.333. The van der Waals surface area contributed by atoms with Crippen molar-refractivity contribution in [3.8, 4) is 0 Å². The van der Waals surface area contributed by atoms with E-state index in [9.17, 15) is 14.0 Å². The number of aryl methyl sites for hydroxylation is 2. The molecule has 1 aromatic carbocycles. The van der Waals surface area contributed by atoms with Gasteiger partial charge in [-0.25, -0.2) is 5.48 Å². The van der Waals surface area contributed by atoms with Crippen molar-refractivity contribution in [3.05, 3.63) is 56.2 Å². The van der Waals surface area contributed by atoms with E-state index in [1.54, 1.807) is 12.1 Å². The lowest BCUT2D eigenvalue weighted by atomic mass is 10.1. The number of nitrogens with one attached hydrogen (secondary N) is 2. The highest BCUT2D eigenvalue weighted by Crippen LogP contribution is 2.29. The lowest BCUT2D eigenvalue weighted by Crippen LogP contribution is -2.30. The molecule has 0 saturated heterocycles. The maximum atomic E-state index is 14.6. The molecule has 3 rings (SSSR count). The molecule has 2 N–H and O–H groups in total. The monoisotopic (exact) mass is 423 g/mol. The molecule has 1 saturated carbocycles. The Hall–Kier alpha value is -2.19. The van der Waals surface area contributed by atoms with Crippen LogP contribution in [0.4, 0.5) is 15.8 Å². The van der Waals surface area contributed by atoms with Crippen LogP contribution in [0, 0.1) is 18.7 Å². The SMILES string of the molecule is Cc1cc(Br)ccc1Nc1c(C(=O)NOCC2CC2)cn(C)c(=O)c1F. The van der Waals surface area contributed by atoms with Gasteiger partial charge in [-0.2, -0.15) is 4.39 Å². The van der Waals surface area contributed by atoms with Crippen molar-refractivity contribution in [2.45, 2.75) is 19.8 Å². The molecule has 2 aromatic rings. The number of halogens is 2. The van der Waals surface area contributed by atoms with Gasteiger partial charge in [-0.3, -0.25) is 14.4 Å². The highest BCUT2D eigenvalue weighted by molar-refractivity contribution is 9.10. The molecule has 0 spiro atoms. The molecule has 0 radical (unpaired) electrons. The van der Waals surface area contributed by atoms with E-state index in [1.807, 2.05) is 13.0 Å². The third-order valence-electron chi connectivity index (χ3n) is 4.19. The molecule has 6 nitrogen and oxygen atoms in total. The summed E-state index contributed by atoms with van der Waals surface area (Å²) in [5.41, 5.74) is 2.74. The third kappa shape index (κ3) is 4.13. The minimum Gasteiger partial charge on any atom is -0.352 e. The first-order valence-electron chi connectivity index (χ1n) is 8.21. The zero-order valence-corrected chi connectivity index (χ0v) is 16.0. The Kier molecular flexibility index (Phi) is 5.43. The second kappa shape index (κ2) is 7.59. The molecule has 1 fully saturated rings. The van der Waals surface area contributed by atoms with Gasteiger partial charge in [0, 0.05) is 23.4 Å². The van der Waals surface area contributed by atoms with Crippen LogP contribution in [0.2, 0.25) is 0 Å². The molecular weight excluding hydrogens is 405 g/mol. The summed E-state index contributed by atoms with van der Waals surface area (Å²) in [6.45, 7) is 2.26. The van der Waals surface area contributed by atoms with E-state index in [2.05, 4.69) is 26.7 Å². The Morgan fingerprint density at radius 3 is 2.81 bits per heavy atom. The van der Waals surface area contributed by atoms with Crippen molar-refractivity contribution < 1.29 is 14.0 Å². The van der Waals surface area contributed by atoms with E-state index in [0.717, 1.165) is 27.4 Å². The largest absolute Gasteiger partial charge is 0.352 e. The average molecular weight is 424 g/mol. The number of amides is 1. The summed E-state index contributed by atoms with van der Waals surface area (Å²) in [5, 5.41) is 2.87. The van der Waals surface area contributed by atoms with Crippen LogP contribution >= 0.6 is 15.9 Å². The summed E-state index contributed by atoms with van der Waals surface area (Å²) in [4.78, 5) is 29.6. The zero-order valence-electron chi connectivity index (χ0n) is 14.4. The number of aromatic nitrogens is 1. The number of carbonyl (C=O) groups excluding carboxylic acids is 1. The van der Waals surface area contributed by atoms with E-state index >= 15 is 0 Å². The predicted molar refractivity (Wildman–Crippen MR) is 99.9 cm³/mol. The normalized spacial score (nSPS) is 13.5. The Balaban J connectivity index is 1.92. The summed E-state index contributed by atoms with van der Waals surface area (Å²) in [5.74, 6) is -1.17. The summed E-state index contributed by atoms with van der Waals surface area (Å²) < 4.78 is 16.5. The van der Waals surface area contributed by atoms with Gasteiger partial charge in [0.1, 0.15) is 0 Å². The van der Waals surface area contributed by atoms with Crippen molar-refractivity contribution in [3.63, 3.8) is 0 Å². The summed E-state index contributed by atoms with van der Waals surface area (Å²) in [6, 6.07) is 5.37. The second-order valence-corrected chi connectivity index (χ2v) is 7.33. The first-order chi connectivity index (χ1) is 12.4. The summed E-state index contributed by atoms with van der Waals surface area (Å²) in [6.07, 6.45) is 3.46. The number of anilines is 2. The molecule has 138 valence electrons. The van der Waals surface area contributed by atoms with Crippen LogP contribution < -0.4 is 16.4 Å². The molecule has 1 aliphatic rings. The van der Waals surface area contributed by atoms with Crippen molar-refractivity contribution in [1.29, 1.82) is 0 Å². The number of hydroxylamine groups is 1. The van der Waals surface area contributed by atoms with E-state index in [-0.39, 0.29) is 11.3 Å². The van der Waals surface area contributed by atoms with Gasteiger partial charge in [0.05, 0.1) is 17.9 Å².